The van der Waals surface area contributed by atoms with E-state index in [1.165, 1.54) is 6.26 Å². The van der Waals surface area contributed by atoms with Crippen LogP contribution in [0.15, 0.2) is 71.3 Å². The van der Waals surface area contributed by atoms with Gasteiger partial charge in [0.1, 0.15) is 0 Å². The van der Waals surface area contributed by atoms with E-state index in [1.54, 1.807) is 17.0 Å². The fraction of sp³-hybridized carbons (Fsp3) is 0.100. The molecule has 0 spiro atoms. The molecule has 1 aromatic heterocycles. The lowest BCUT2D eigenvalue weighted by Gasteiger charge is -2.20. The Labute approximate surface area is 138 Å². The van der Waals surface area contributed by atoms with Crippen molar-refractivity contribution in [1.82, 2.24) is 0 Å². The van der Waals surface area contributed by atoms with Crippen molar-refractivity contribution < 1.29 is 14.0 Å². The number of ketones is 1. The maximum absolute atomic E-state index is 13.1. The van der Waals surface area contributed by atoms with Gasteiger partial charge < -0.3 is 4.42 Å². The number of benzene rings is 2. The number of carbonyl (C=O) groups is 2. The van der Waals surface area contributed by atoms with Crippen LogP contribution in [0.3, 0.4) is 0 Å². The Hall–Kier alpha value is -3.14. The van der Waals surface area contributed by atoms with E-state index in [9.17, 15) is 9.59 Å². The van der Waals surface area contributed by atoms with Crippen molar-refractivity contribution in [3.63, 3.8) is 0 Å². The van der Waals surface area contributed by atoms with E-state index in [4.69, 9.17) is 4.42 Å². The average Bonchev–Trinajstić information content (AvgIpc) is 3.31. The Bertz CT molecular complexity index is 974. The largest absolute Gasteiger partial charge is 0.461 e. The van der Waals surface area contributed by atoms with Crippen molar-refractivity contribution in [2.75, 3.05) is 4.90 Å². The summed E-state index contributed by atoms with van der Waals surface area (Å²) in [4.78, 5) is 27.7. The monoisotopic (exact) mass is 315 g/mol. The summed E-state index contributed by atoms with van der Waals surface area (Å²) in [6.45, 7) is 0. The molecule has 0 bridgehead atoms. The molecule has 2 aromatic carbocycles. The van der Waals surface area contributed by atoms with Gasteiger partial charge in [0.05, 0.1) is 18.2 Å². The zero-order chi connectivity index (χ0) is 16.3. The summed E-state index contributed by atoms with van der Waals surface area (Å²) in [6, 6.07) is 18.2. The van der Waals surface area contributed by atoms with E-state index in [1.807, 2.05) is 48.5 Å². The molecule has 2 aliphatic rings. The second kappa shape index (κ2) is 4.68. The van der Waals surface area contributed by atoms with Crippen molar-refractivity contribution in [1.29, 1.82) is 0 Å². The van der Waals surface area contributed by atoms with E-state index in [2.05, 4.69) is 0 Å². The summed E-state index contributed by atoms with van der Waals surface area (Å²) >= 11 is 0. The molecule has 116 valence electrons. The van der Waals surface area contributed by atoms with Crippen LogP contribution in [0.4, 0.5) is 5.69 Å². The maximum atomic E-state index is 13.1. The molecule has 24 heavy (non-hydrogen) atoms. The molecule has 4 nitrogen and oxygen atoms in total. The van der Waals surface area contributed by atoms with Crippen LogP contribution in [-0.4, -0.2) is 11.7 Å². The number of rotatable bonds is 2. The van der Waals surface area contributed by atoms with Gasteiger partial charge in [0.2, 0.25) is 5.78 Å². The van der Waals surface area contributed by atoms with Crippen molar-refractivity contribution in [3.8, 4) is 0 Å². The number of hydrogen-bond acceptors (Lipinski definition) is 3. The van der Waals surface area contributed by atoms with Gasteiger partial charge in [-0.2, -0.15) is 0 Å². The van der Waals surface area contributed by atoms with Crippen LogP contribution in [0.1, 0.15) is 44.0 Å². The third kappa shape index (κ3) is 1.57. The van der Waals surface area contributed by atoms with Gasteiger partial charge in [0.25, 0.3) is 5.91 Å². The number of furan rings is 1. The number of para-hydroxylation sites is 1. The summed E-state index contributed by atoms with van der Waals surface area (Å²) in [5.74, 6) is -0.254. The first-order chi connectivity index (χ1) is 11.8. The van der Waals surface area contributed by atoms with Crippen LogP contribution in [-0.2, 0) is 0 Å². The van der Waals surface area contributed by atoms with Crippen molar-refractivity contribution >= 4 is 17.4 Å². The Kier molecular flexibility index (Phi) is 2.59. The minimum absolute atomic E-state index is 0.0437. The standard InChI is InChI=1S/C20H13NO3/c22-19(16-10-5-11-24-16)17-14-8-3-4-9-15(14)21-18(17)12-6-1-2-7-13(12)20(21)23/h1-11,17-18H/t17-,18-/m1/s1. The molecule has 2 atom stereocenters. The highest BCUT2D eigenvalue weighted by Gasteiger charge is 2.51. The van der Waals surface area contributed by atoms with Gasteiger partial charge in [0, 0.05) is 11.3 Å². The van der Waals surface area contributed by atoms with Crippen LogP contribution in [0.25, 0.3) is 0 Å². The summed E-state index contributed by atoms with van der Waals surface area (Å²) in [5.41, 5.74) is 3.28. The van der Waals surface area contributed by atoms with E-state index in [0.717, 1.165) is 16.8 Å². The number of amides is 1. The first-order valence-electron chi connectivity index (χ1n) is 7.86. The second-order valence-electron chi connectivity index (χ2n) is 6.09. The van der Waals surface area contributed by atoms with Gasteiger partial charge >= 0.3 is 0 Å². The number of carbonyl (C=O) groups excluding carboxylic acids is 2. The molecule has 0 saturated heterocycles. The molecule has 0 unspecified atom stereocenters. The molecule has 3 aromatic rings. The molecule has 0 radical (unpaired) electrons. The first-order valence-corrected chi connectivity index (χ1v) is 7.86. The highest BCUT2D eigenvalue weighted by Crippen LogP contribution is 2.54. The Morgan fingerprint density at radius 1 is 0.917 bits per heavy atom. The Morgan fingerprint density at radius 3 is 2.46 bits per heavy atom. The third-order valence-corrected chi connectivity index (χ3v) is 4.90. The Morgan fingerprint density at radius 2 is 1.67 bits per heavy atom. The minimum atomic E-state index is -0.444. The van der Waals surface area contributed by atoms with Crippen molar-refractivity contribution in [3.05, 3.63) is 89.4 Å². The van der Waals surface area contributed by atoms with Crippen LogP contribution in [0.5, 0.6) is 0 Å². The number of nitrogens with zero attached hydrogens (tertiary/aromatic N) is 1. The fourth-order valence-corrected chi connectivity index (χ4v) is 3.93. The second-order valence-corrected chi connectivity index (χ2v) is 6.09. The third-order valence-electron chi connectivity index (χ3n) is 4.90. The van der Waals surface area contributed by atoms with Crippen molar-refractivity contribution in [2.24, 2.45) is 0 Å². The molecule has 1 amide bonds. The van der Waals surface area contributed by atoms with Crippen LogP contribution < -0.4 is 4.90 Å². The van der Waals surface area contributed by atoms with E-state index >= 15 is 0 Å². The van der Waals surface area contributed by atoms with Gasteiger partial charge in [-0.15, -0.1) is 0 Å². The summed E-state index contributed by atoms with van der Waals surface area (Å²) < 4.78 is 5.33. The average molecular weight is 315 g/mol. The zero-order valence-electron chi connectivity index (χ0n) is 12.7. The minimum Gasteiger partial charge on any atom is -0.461 e. The molecule has 2 aliphatic heterocycles. The van der Waals surface area contributed by atoms with E-state index < -0.39 is 5.92 Å². The quantitative estimate of drug-likeness (QED) is 0.673. The zero-order valence-corrected chi connectivity index (χ0v) is 12.7. The maximum Gasteiger partial charge on any atom is 0.259 e. The summed E-state index contributed by atoms with van der Waals surface area (Å²) in [6.07, 6.45) is 1.50. The van der Waals surface area contributed by atoms with Crippen LogP contribution >= 0.6 is 0 Å². The van der Waals surface area contributed by atoms with Crippen LogP contribution in [0.2, 0.25) is 0 Å². The number of fused-ring (bicyclic) bond motifs is 5. The lowest BCUT2D eigenvalue weighted by molar-refractivity contribution is 0.0919. The predicted octanol–water partition coefficient (Wildman–Crippen LogP) is 3.96. The molecular weight excluding hydrogens is 302 g/mol. The normalized spacial score (nSPS) is 20.7. The highest BCUT2D eigenvalue weighted by molar-refractivity contribution is 6.16. The smallest absolute Gasteiger partial charge is 0.259 e. The molecule has 3 heterocycles. The van der Waals surface area contributed by atoms with Gasteiger partial charge in [-0.25, -0.2) is 0 Å². The summed E-state index contributed by atoms with van der Waals surface area (Å²) in [7, 11) is 0. The molecule has 0 fully saturated rings. The van der Waals surface area contributed by atoms with Gasteiger partial charge in [-0.1, -0.05) is 36.4 Å². The molecule has 0 N–H and O–H groups in total. The number of hydrogen-bond donors (Lipinski definition) is 0. The van der Waals surface area contributed by atoms with Crippen molar-refractivity contribution in [2.45, 2.75) is 12.0 Å². The molecule has 0 aliphatic carbocycles. The molecule has 4 heteroatoms. The SMILES string of the molecule is O=C(c1ccco1)[C@@H]1c2ccccc2N2C(=O)c3ccccc3[C@H]12. The predicted molar refractivity (Wildman–Crippen MR) is 88.2 cm³/mol. The van der Waals surface area contributed by atoms with E-state index in [-0.39, 0.29) is 17.7 Å². The van der Waals surface area contributed by atoms with E-state index in [0.29, 0.717) is 11.3 Å². The Balaban J connectivity index is 1.74. The fourth-order valence-electron chi connectivity index (χ4n) is 3.93. The lowest BCUT2D eigenvalue weighted by atomic mass is 9.85. The molecular formula is C20H13NO3. The number of anilines is 1. The molecule has 5 rings (SSSR count). The highest BCUT2D eigenvalue weighted by atomic mass is 16.3. The lowest BCUT2D eigenvalue weighted by Crippen LogP contribution is -2.27. The topological polar surface area (TPSA) is 50.5 Å². The van der Waals surface area contributed by atoms with Gasteiger partial charge in [-0.3, -0.25) is 14.5 Å². The first kappa shape index (κ1) is 13.3. The van der Waals surface area contributed by atoms with Gasteiger partial charge in [-0.05, 0) is 35.4 Å². The van der Waals surface area contributed by atoms with Gasteiger partial charge in [0.15, 0.2) is 5.76 Å². The van der Waals surface area contributed by atoms with Crippen LogP contribution in [0, 0.1) is 0 Å². The molecule has 0 saturated carbocycles. The number of Topliss-reactive ketones (excluding diaryl/α,β-unsaturated/α-hetero) is 1. The summed E-state index contributed by atoms with van der Waals surface area (Å²) in [5, 5.41) is 0.